The van der Waals surface area contributed by atoms with Crippen LogP contribution in [0.4, 0.5) is 5.69 Å². The van der Waals surface area contributed by atoms with Gasteiger partial charge in [0.15, 0.2) is 11.4 Å². The Morgan fingerprint density at radius 2 is 1.52 bits per heavy atom. The third-order valence-electron chi connectivity index (χ3n) is 4.11. The maximum absolute atomic E-state index is 13.2. The lowest BCUT2D eigenvalue weighted by atomic mass is 9.95. The van der Waals surface area contributed by atoms with E-state index in [9.17, 15) is 4.79 Å². The fourth-order valence-corrected chi connectivity index (χ4v) is 2.89. The summed E-state index contributed by atoms with van der Waals surface area (Å²) < 4.78 is 0. The molecule has 2 N–H and O–H groups in total. The van der Waals surface area contributed by atoms with Crippen LogP contribution in [-0.2, 0) is 0 Å². The smallest absolute Gasteiger partial charge is 0.197 e. The van der Waals surface area contributed by atoms with E-state index in [4.69, 9.17) is 5.73 Å². The zero-order valence-corrected chi connectivity index (χ0v) is 13.4. The van der Waals surface area contributed by atoms with E-state index in [2.05, 4.69) is 9.97 Å². The summed E-state index contributed by atoms with van der Waals surface area (Å²) in [6.07, 6.45) is 1.67. The summed E-state index contributed by atoms with van der Waals surface area (Å²) in [5, 5.41) is 0.682. The number of aromatic nitrogens is 2. The van der Waals surface area contributed by atoms with E-state index in [1.807, 2.05) is 54.6 Å². The number of pyridine rings is 2. The predicted octanol–water partition coefficient (Wildman–Crippen LogP) is 4.11. The van der Waals surface area contributed by atoms with E-state index < -0.39 is 0 Å². The summed E-state index contributed by atoms with van der Waals surface area (Å²) in [6.45, 7) is 0. The predicted molar refractivity (Wildman–Crippen MR) is 99.3 cm³/mol. The number of fused-ring (bicyclic) bond motifs is 1. The van der Waals surface area contributed by atoms with Gasteiger partial charge in [0.05, 0.1) is 16.9 Å². The minimum Gasteiger partial charge on any atom is -0.397 e. The van der Waals surface area contributed by atoms with Gasteiger partial charge in [0, 0.05) is 22.7 Å². The number of carbonyl (C=O) groups excluding carboxylic acids is 1. The Balaban J connectivity index is 2.04. The second kappa shape index (κ2) is 6.17. The molecule has 0 fully saturated rings. The van der Waals surface area contributed by atoms with Gasteiger partial charge in [0.2, 0.25) is 0 Å². The number of rotatable bonds is 3. The Labute approximate surface area is 145 Å². The third kappa shape index (κ3) is 2.64. The monoisotopic (exact) mass is 325 g/mol. The van der Waals surface area contributed by atoms with Crippen molar-refractivity contribution < 1.29 is 4.79 Å². The molecule has 0 saturated carbocycles. The molecule has 4 nitrogen and oxygen atoms in total. The summed E-state index contributed by atoms with van der Waals surface area (Å²) in [4.78, 5) is 22.1. The Bertz CT molecular complexity index is 1060. The number of carbonyl (C=O) groups is 1. The molecule has 0 bridgehead atoms. The first kappa shape index (κ1) is 15.0. The Morgan fingerprint density at radius 3 is 2.24 bits per heavy atom. The second-order valence-electron chi connectivity index (χ2n) is 5.68. The van der Waals surface area contributed by atoms with Gasteiger partial charge < -0.3 is 5.73 Å². The molecular formula is C21H15N3O. The van der Waals surface area contributed by atoms with Crippen LogP contribution in [0.2, 0.25) is 0 Å². The highest BCUT2D eigenvalue weighted by molar-refractivity contribution is 6.18. The highest BCUT2D eigenvalue weighted by Crippen LogP contribution is 2.32. The number of nitrogens with zero attached hydrogens (tertiary/aromatic N) is 2. The molecule has 4 heteroatoms. The summed E-state index contributed by atoms with van der Waals surface area (Å²) in [6, 6.07) is 22.3. The van der Waals surface area contributed by atoms with Gasteiger partial charge in [0.1, 0.15) is 0 Å². The van der Waals surface area contributed by atoms with E-state index in [0.29, 0.717) is 33.5 Å². The molecule has 0 radical (unpaired) electrons. The van der Waals surface area contributed by atoms with Crippen molar-refractivity contribution in [2.24, 2.45) is 0 Å². The first-order valence-electron chi connectivity index (χ1n) is 7.95. The van der Waals surface area contributed by atoms with Crippen LogP contribution in [0.5, 0.6) is 0 Å². The average molecular weight is 325 g/mol. The molecule has 0 unspecified atom stereocenters. The van der Waals surface area contributed by atoms with Gasteiger partial charge in [-0.05, 0) is 12.1 Å². The Hall–Kier alpha value is -3.53. The number of nitrogens with two attached hydrogens (primary N) is 1. The van der Waals surface area contributed by atoms with Crippen LogP contribution in [0.25, 0.3) is 22.3 Å². The lowest BCUT2D eigenvalue weighted by molar-refractivity contribution is 0.104. The van der Waals surface area contributed by atoms with Gasteiger partial charge in [0.25, 0.3) is 0 Å². The number of nitrogen functional groups attached to an aromatic ring is 1. The van der Waals surface area contributed by atoms with Crippen LogP contribution in [0, 0.1) is 0 Å². The van der Waals surface area contributed by atoms with Crippen LogP contribution in [0.1, 0.15) is 15.9 Å². The standard InChI is InChI=1S/C21H15N3O/c22-18-16-12-7-13-23-21(16)24-19(14-8-3-1-4-9-14)17(18)20(25)15-10-5-2-6-11-15/h1-13H,(H2,22,23,24). The molecule has 2 heterocycles. The average Bonchev–Trinajstić information content (AvgIpc) is 2.69. The Morgan fingerprint density at radius 1 is 0.840 bits per heavy atom. The summed E-state index contributed by atoms with van der Waals surface area (Å²) in [5.41, 5.74) is 9.72. The zero-order valence-electron chi connectivity index (χ0n) is 13.4. The van der Waals surface area contributed by atoms with Crippen molar-refractivity contribution in [1.82, 2.24) is 9.97 Å². The molecule has 4 aromatic rings. The number of hydrogen-bond donors (Lipinski definition) is 1. The molecule has 2 aromatic carbocycles. The highest BCUT2D eigenvalue weighted by atomic mass is 16.1. The molecule has 25 heavy (non-hydrogen) atoms. The summed E-state index contributed by atoms with van der Waals surface area (Å²) in [7, 11) is 0. The lowest BCUT2D eigenvalue weighted by Gasteiger charge is -2.13. The Kier molecular flexibility index (Phi) is 3.71. The first-order valence-corrected chi connectivity index (χ1v) is 7.95. The summed E-state index contributed by atoms with van der Waals surface area (Å²) >= 11 is 0. The second-order valence-corrected chi connectivity index (χ2v) is 5.68. The van der Waals surface area contributed by atoms with E-state index in [0.717, 1.165) is 5.56 Å². The highest BCUT2D eigenvalue weighted by Gasteiger charge is 2.22. The SMILES string of the molecule is Nc1c(C(=O)c2ccccc2)c(-c2ccccc2)nc2ncccc12. The van der Waals surface area contributed by atoms with Crippen molar-refractivity contribution in [2.75, 3.05) is 5.73 Å². The molecule has 0 aliphatic carbocycles. The maximum atomic E-state index is 13.2. The number of hydrogen-bond acceptors (Lipinski definition) is 4. The van der Waals surface area contributed by atoms with Gasteiger partial charge in [-0.2, -0.15) is 0 Å². The van der Waals surface area contributed by atoms with Gasteiger partial charge in [-0.15, -0.1) is 0 Å². The van der Waals surface area contributed by atoms with Gasteiger partial charge >= 0.3 is 0 Å². The van der Waals surface area contributed by atoms with Crippen LogP contribution in [0.3, 0.4) is 0 Å². The van der Waals surface area contributed by atoms with Crippen LogP contribution < -0.4 is 5.73 Å². The third-order valence-corrected chi connectivity index (χ3v) is 4.11. The fraction of sp³-hybridized carbons (Fsp3) is 0. The van der Waals surface area contributed by atoms with Crippen LogP contribution >= 0.6 is 0 Å². The molecule has 120 valence electrons. The molecule has 4 rings (SSSR count). The zero-order chi connectivity index (χ0) is 17.2. The van der Waals surface area contributed by atoms with Crippen LogP contribution in [0.15, 0.2) is 79.0 Å². The molecule has 2 aromatic heterocycles. The molecule has 0 aliphatic rings. The quantitative estimate of drug-likeness (QED) is 0.576. The number of anilines is 1. The van der Waals surface area contributed by atoms with Gasteiger partial charge in [-0.3, -0.25) is 4.79 Å². The van der Waals surface area contributed by atoms with Crippen molar-refractivity contribution in [3.8, 4) is 11.3 Å². The molecular weight excluding hydrogens is 310 g/mol. The molecule has 0 saturated heterocycles. The minimum atomic E-state index is -0.143. The van der Waals surface area contributed by atoms with E-state index in [-0.39, 0.29) is 5.78 Å². The van der Waals surface area contributed by atoms with E-state index in [1.165, 1.54) is 0 Å². The van der Waals surface area contributed by atoms with E-state index >= 15 is 0 Å². The van der Waals surface area contributed by atoms with Gasteiger partial charge in [-0.1, -0.05) is 60.7 Å². The summed E-state index contributed by atoms with van der Waals surface area (Å²) in [5.74, 6) is -0.143. The largest absolute Gasteiger partial charge is 0.397 e. The van der Waals surface area contributed by atoms with Crippen molar-refractivity contribution in [2.45, 2.75) is 0 Å². The normalized spacial score (nSPS) is 10.7. The molecule has 0 amide bonds. The maximum Gasteiger partial charge on any atom is 0.197 e. The van der Waals surface area contributed by atoms with Crippen molar-refractivity contribution in [1.29, 1.82) is 0 Å². The number of ketones is 1. The molecule has 0 aliphatic heterocycles. The minimum absolute atomic E-state index is 0.143. The van der Waals surface area contributed by atoms with Crippen molar-refractivity contribution in [3.05, 3.63) is 90.1 Å². The van der Waals surface area contributed by atoms with Crippen LogP contribution in [-0.4, -0.2) is 15.8 Å². The van der Waals surface area contributed by atoms with E-state index in [1.54, 1.807) is 24.4 Å². The first-order chi connectivity index (χ1) is 12.3. The molecule has 0 atom stereocenters. The topological polar surface area (TPSA) is 68.9 Å². The van der Waals surface area contributed by atoms with Crippen molar-refractivity contribution in [3.63, 3.8) is 0 Å². The van der Waals surface area contributed by atoms with Crippen molar-refractivity contribution >= 4 is 22.5 Å². The molecule has 0 spiro atoms. The lowest BCUT2D eigenvalue weighted by Crippen LogP contribution is -2.10. The number of benzene rings is 2. The fourth-order valence-electron chi connectivity index (χ4n) is 2.89. The van der Waals surface area contributed by atoms with Gasteiger partial charge in [-0.25, -0.2) is 9.97 Å².